The lowest BCUT2D eigenvalue weighted by atomic mass is 10.1. The maximum atomic E-state index is 11.8. The van der Waals surface area contributed by atoms with Crippen LogP contribution in [0.25, 0.3) is 0 Å². The second kappa shape index (κ2) is 4.67. The largest absolute Gasteiger partial charge is 0.325 e. The lowest BCUT2D eigenvalue weighted by Crippen LogP contribution is -2.10. The summed E-state index contributed by atoms with van der Waals surface area (Å²) >= 11 is 0. The Bertz CT molecular complexity index is 478. The number of benzene rings is 1. The van der Waals surface area contributed by atoms with Crippen LogP contribution >= 0.6 is 0 Å². The molecular formula is C11H12N4O. The van der Waals surface area contributed by atoms with E-state index in [0.29, 0.717) is 17.8 Å². The molecule has 0 spiro atoms. The standard InChI is InChI=1S/C11H12N4O/c12-6-10-7-15(14-13-10)8-11(16)9-4-2-1-3-5-9/h1-5,7H,6,8,12H2. The van der Waals surface area contributed by atoms with E-state index in [2.05, 4.69) is 10.3 Å². The Kier molecular flexibility index (Phi) is 3.07. The van der Waals surface area contributed by atoms with E-state index in [4.69, 9.17) is 5.73 Å². The van der Waals surface area contributed by atoms with E-state index in [1.165, 1.54) is 4.68 Å². The van der Waals surface area contributed by atoms with Gasteiger partial charge in [0.1, 0.15) is 6.54 Å². The van der Waals surface area contributed by atoms with Crippen molar-refractivity contribution in [1.82, 2.24) is 15.0 Å². The van der Waals surface area contributed by atoms with Crippen molar-refractivity contribution in [2.45, 2.75) is 13.1 Å². The fourth-order valence-electron chi connectivity index (χ4n) is 1.37. The topological polar surface area (TPSA) is 73.8 Å². The molecule has 0 bridgehead atoms. The lowest BCUT2D eigenvalue weighted by molar-refractivity contribution is 0.0967. The van der Waals surface area contributed by atoms with Gasteiger partial charge in [0.05, 0.1) is 11.9 Å². The Labute approximate surface area is 92.9 Å². The molecule has 2 N–H and O–H groups in total. The summed E-state index contributed by atoms with van der Waals surface area (Å²) in [5, 5.41) is 7.64. The van der Waals surface area contributed by atoms with Crippen molar-refractivity contribution >= 4 is 5.78 Å². The predicted molar refractivity (Wildman–Crippen MR) is 58.7 cm³/mol. The molecule has 0 aliphatic rings. The lowest BCUT2D eigenvalue weighted by Gasteiger charge is -1.99. The van der Waals surface area contributed by atoms with Gasteiger partial charge in [0.2, 0.25) is 0 Å². The minimum atomic E-state index is 0.00840. The van der Waals surface area contributed by atoms with Crippen molar-refractivity contribution in [3.8, 4) is 0 Å². The summed E-state index contributed by atoms with van der Waals surface area (Å²) in [7, 11) is 0. The maximum absolute atomic E-state index is 11.8. The molecule has 5 heteroatoms. The van der Waals surface area contributed by atoms with Crippen molar-refractivity contribution in [2.24, 2.45) is 5.73 Å². The number of nitrogens with two attached hydrogens (primary N) is 1. The van der Waals surface area contributed by atoms with Crippen LogP contribution in [0.2, 0.25) is 0 Å². The third-order valence-electron chi connectivity index (χ3n) is 2.20. The highest BCUT2D eigenvalue weighted by Gasteiger charge is 2.07. The summed E-state index contributed by atoms with van der Waals surface area (Å²) in [5.74, 6) is 0.00840. The zero-order valence-electron chi connectivity index (χ0n) is 8.71. The molecule has 0 atom stereocenters. The molecule has 16 heavy (non-hydrogen) atoms. The minimum absolute atomic E-state index is 0.00840. The quantitative estimate of drug-likeness (QED) is 0.760. The molecule has 0 aliphatic carbocycles. The second-order valence-corrected chi connectivity index (χ2v) is 3.40. The molecule has 1 aromatic carbocycles. The molecule has 2 aromatic rings. The van der Waals surface area contributed by atoms with Gasteiger partial charge in [-0.2, -0.15) is 0 Å². The van der Waals surface area contributed by atoms with E-state index >= 15 is 0 Å². The van der Waals surface area contributed by atoms with Crippen LogP contribution in [-0.4, -0.2) is 20.8 Å². The van der Waals surface area contributed by atoms with Gasteiger partial charge in [-0.3, -0.25) is 4.79 Å². The summed E-state index contributed by atoms with van der Waals surface area (Å²) in [5.41, 5.74) is 6.76. The Morgan fingerprint density at radius 3 is 2.69 bits per heavy atom. The van der Waals surface area contributed by atoms with Gasteiger partial charge in [-0.05, 0) is 0 Å². The second-order valence-electron chi connectivity index (χ2n) is 3.40. The maximum Gasteiger partial charge on any atom is 0.184 e. The average Bonchev–Trinajstić information content (AvgIpc) is 2.78. The van der Waals surface area contributed by atoms with Gasteiger partial charge in [0, 0.05) is 12.1 Å². The van der Waals surface area contributed by atoms with Crippen LogP contribution < -0.4 is 5.73 Å². The van der Waals surface area contributed by atoms with Gasteiger partial charge >= 0.3 is 0 Å². The molecule has 0 amide bonds. The molecule has 0 saturated carbocycles. The van der Waals surface area contributed by atoms with Crippen molar-refractivity contribution in [3.05, 3.63) is 47.8 Å². The number of carbonyl (C=O) groups excluding carboxylic acids is 1. The van der Waals surface area contributed by atoms with E-state index in [-0.39, 0.29) is 12.3 Å². The Morgan fingerprint density at radius 1 is 1.31 bits per heavy atom. The van der Waals surface area contributed by atoms with Gasteiger partial charge in [-0.15, -0.1) is 5.10 Å². The predicted octanol–water partition coefficient (Wildman–Crippen LogP) is 0.620. The van der Waals surface area contributed by atoms with Crippen molar-refractivity contribution in [2.75, 3.05) is 0 Å². The molecule has 0 saturated heterocycles. The smallest absolute Gasteiger partial charge is 0.184 e. The Hall–Kier alpha value is -2.01. The number of rotatable bonds is 4. The fraction of sp³-hybridized carbons (Fsp3) is 0.182. The van der Waals surface area contributed by atoms with Crippen LogP contribution in [-0.2, 0) is 13.1 Å². The molecule has 1 heterocycles. The highest BCUT2D eigenvalue weighted by Crippen LogP contribution is 2.02. The van der Waals surface area contributed by atoms with E-state index < -0.39 is 0 Å². The number of hydrogen-bond acceptors (Lipinski definition) is 4. The monoisotopic (exact) mass is 216 g/mol. The van der Waals surface area contributed by atoms with Crippen molar-refractivity contribution in [3.63, 3.8) is 0 Å². The molecule has 0 radical (unpaired) electrons. The first-order valence-corrected chi connectivity index (χ1v) is 4.97. The normalized spacial score (nSPS) is 10.3. The van der Waals surface area contributed by atoms with E-state index in [1.54, 1.807) is 18.3 Å². The third-order valence-corrected chi connectivity index (χ3v) is 2.20. The molecule has 2 rings (SSSR count). The van der Waals surface area contributed by atoms with E-state index in [0.717, 1.165) is 0 Å². The first-order chi connectivity index (χ1) is 7.79. The van der Waals surface area contributed by atoms with E-state index in [9.17, 15) is 4.79 Å². The Morgan fingerprint density at radius 2 is 2.06 bits per heavy atom. The zero-order chi connectivity index (χ0) is 11.4. The summed E-state index contributed by atoms with van der Waals surface area (Å²) in [6.07, 6.45) is 1.68. The number of carbonyl (C=O) groups is 1. The van der Waals surface area contributed by atoms with Crippen LogP contribution in [0.3, 0.4) is 0 Å². The summed E-state index contributed by atoms with van der Waals surface area (Å²) in [6.45, 7) is 0.524. The van der Waals surface area contributed by atoms with Crippen LogP contribution in [0.5, 0.6) is 0 Å². The fourth-order valence-corrected chi connectivity index (χ4v) is 1.37. The first kappa shape index (κ1) is 10.5. The molecule has 0 unspecified atom stereocenters. The summed E-state index contributed by atoms with van der Waals surface area (Å²) < 4.78 is 1.50. The van der Waals surface area contributed by atoms with Crippen LogP contribution in [0.1, 0.15) is 16.1 Å². The SMILES string of the molecule is NCc1cn(CC(=O)c2ccccc2)nn1. The van der Waals surface area contributed by atoms with Crippen molar-refractivity contribution < 1.29 is 4.79 Å². The van der Waals surface area contributed by atoms with E-state index in [1.807, 2.05) is 18.2 Å². The molecule has 5 nitrogen and oxygen atoms in total. The van der Waals surface area contributed by atoms with Crippen LogP contribution in [0, 0.1) is 0 Å². The average molecular weight is 216 g/mol. The number of ketones is 1. The minimum Gasteiger partial charge on any atom is -0.325 e. The molecule has 1 aromatic heterocycles. The number of Topliss-reactive ketones (excluding diaryl/α,β-unsaturated/α-hetero) is 1. The highest BCUT2D eigenvalue weighted by atomic mass is 16.1. The Balaban J connectivity index is 2.08. The van der Waals surface area contributed by atoms with Gasteiger partial charge in [0.15, 0.2) is 5.78 Å². The third kappa shape index (κ3) is 2.32. The summed E-state index contributed by atoms with van der Waals surface area (Å²) in [6, 6.07) is 9.10. The van der Waals surface area contributed by atoms with Crippen LogP contribution in [0.15, 0.2) is 36.5 Å². The number of aromatic nitrogens is 3. The number of nitrogens with zero attached hydrogens (tertiary/aromatic N) is 3. The molecule has 82 valence electrons. The van der Waals surface area contributed by atoms with Gasteiger partial charge in [0.25, 0.3) is 0 Å². The highest BCUT2D eigenvalue weighted by molar-refractivity contribution is 5.95. The summed E-state index contributed by atoms with van der Waals surface area (Å²) in [4.78, 5) is 11.8. The van der Waals surface area contributed by atoms with Crippen molar-refractivity contribution in [1.29, 1.82) is 0 Å². The number of hydrogen-bond donors (Lipinski definition) is 1. The van der Waals surface area contributed by atoms with Gasteiger partial charge in [-0.25, -0.2) is 4.68 Å². The van der Waals surface area contributed by atoms with Gasteiger partial charge in [-0.1, -0.05) is 35.5 Å². The first-order valence-electron chi connectivity index (χ1n) is 4.97. The van der Waals surface area contributed by atoms with Crippen LogP contribution in [0.4, 0.5) is 0 Å². The molecular weight excluding hydrogens is 204 g/mol. The molecule has 0 aliphatic heterocycles. The molecule has 0 fully saturated rings. The van der Waals surface area contributed by atoms with Gasteiger partial charge < -0.3 is 5.73 Å². The zero-order valence-corrected chi connectivity index (χ0v) is 8.71.